The van der Waals surface area contributed by atoms with Crippen LogP contribution in [0.15, 0.2) is 29.2 Å². The quantitative estimate of drug-likeness (QED) is 0.599. The van der Waals surface area contributed by atoms with Crippen molar-refractivity contribution in [3.63, 3.8) is 0 Å². The van der Waals surface area contributed by atoms with Gasteiger partial charge in [0.2, 0.25) is 5.91 Å². The monoisotopic (exact) mass is 294 g/mol. The molecular formula is C16H26N2OS. The molecule has 0 radical (unpaired) electrons. The molecule has 1 aromatic rings. The van der Waals surface area contributed by atoms with Crippen molar-refractivity contribution < 1.29 is 4.79 Å². The van der Waals surface area contributed by atoms with Crippen molar-refractivity contribution in [3.05, 3.63) is 29.8 Å². The highest BCUT2D eigenvalue weighted by atomic mass is 32.2. The fourth-order valence-corrected chi connectivity index (χ4v) is 2.59. The fraction of sp³-hybridized carbons (Fsp3) is 0.562. The number of nitrogens with one attached hydrogen (secondary N) is 2. The number of thioether (sulfide) groups is 1. The van der Waals surface area contributed by atoms with Crippen LogP contribution in [0.4, 0.5) is 0 Å². The highest BCUT2D eigenvalue weighted by Gasteiger charge is 2.08. The third kappa shape index (κ3) is 7.56. The molecular weight excluding hydrogens is 268 g/mol. The normalized spacial score (nSPS) is 11.4. The molecule has 20 heavy (non-hydrogen) atoms. The van der Waals surface area contributed by atoms with Crippen molar-refractivity contribution >= 4 is 17.7 Å². The summed E-state index contributed by atoms with van der Waals surface area (Å²) in [6, 6.07) is 8.60. The van der Waals surface area contributed by atoms with E-state index in [0.29, 0.717) is 6.42 Å². The molecule has 3 nitrogen and oxygen atoms in total. The van der Waals surface area contributed by atoms with Crippen LogP contribution in [0, 0.1) is 0 Å². The van der Waals surface area contributed by atoms with Gasteiger partial charge in [0, 0.05) is 30.4 Å². The smallest absolute Gasteiger partial charge is 0.219 e. The average Bonchev–Trinajstić information content (AvgIpc) is 2.41. The van der Waals surface area contributed by atoms with Crippen LogP contribution in [0.2, 0.25) is 0 Å². The summed E-state index contributed by atoms with van der Waals surface area (Å²) in [4.78, 5) is 12.4. The van der Waals surface area contributed by atoms with Gasteiger partial charge in [-0.15, -0.1) is 11.8 Å². The summed E-state index contributed by atoms with van der Waals surface area (Å²) in [6.45, 7) is 7.40. The van der Waals surface area contributed by atoms with Gasteiger partial charge in [-0.05, 0) is 50.6 Å². The maximum Gasteiger partial charge on any atom is 0.219 e. The van der Waals surface area contributed by atoms with Crippen LogP contribution in [0.3, 0.4) is 0 Å². The summed E-state index contributed by atoms with van der Waals surface area (Å²) in [7, 11) is 1.68. The zero-order valence-corrected chi connectivity index (χ0v) is 13.8. The standard InChI is InChI=1S/C16H26N2OS/c1-16(2,3)18-12-13-7-5-8-14(11-13)20-10-6-9-15(19)17-4/h5,7-8,11,18H,6,9-10,12H2,1-4H3,(H,17,19). The van der Waals surface area contributed by atoms with Gasteiger partial charge in [-0.1, -0.05) is 12.1 Å². The number of hydrogen-bond donors (Lipinski definition) is 2. The topological polar surface area (TPSA) is 41.1 Å². The first-order valence-corrected chi connectivity index (χ1v) is 8.06. The summed E-state index contributed by atoms with van der Waals surface area (Å²) in [5.74, 6) is 1.09. The molecule has 0 heterocycles. The number of rotatable bonds is 7. The van der Waals surface area contributed by atoms with Gasteiger partial charge in [-0.3, -0.25) is 4.79 Å². The molecule has 2 N–H and O–H groups in total. The van der Waals surface area contributed by atoms with Gasteiger partial charge in [-0.2, -0.15) is 0 Å². The van der Waals surface area contributed by atoms with E-state index in [-0.39, 0.29) is 11.4 Å². The maximum atomic E-state index is 11.1. The van der Waals surface area contributed by atoms with Crippen molar-refractivity contribution in [1.29, 1.82) is 0 Å². The van der Waals surface area contributed by atoms with Crippen LogP contribution in [0.5, 0.6) is 0 Å². The molecule has 1 amide bonds. The van der Waals surface area contributed by atoms with Gasteiger partial charge in [0.15, 0.2) is 0 Å². The Balaban J connectivity index is 2.38. The SMILES string of the molecule is CNC(=O)CCCSc1cccc(CNC(C)(C)C)c1. The largest absolute Gasteiger partial charge is 0.359 e. The first kappa shape index (κ1) is 17.1. The predicted molar refractivity (Wildman–Crippen MR) is 87.1 cm³/mol. The van der Waals surface area contributed by atoms with Crippen LogP contribution in [-0.2, 0) is 11.3 Å². The Morgan fingerprint density at radius 1 is 1.30 bits per heavy atom. The molecule has 1 aromatic carbocycles. The van der Waals surface area contributed by atoms with Crippen molar-refractivity contribution in [1.82, 2.24) is 10.6 Å². The lowest BCUT2D eigenvalue weighted by Gasteiger charge is -2.20. The molecule has 0 atom stereocenters. The minimum atomic E-state index is 0.119. The van der Waals surface area contributed by atoms with Gasteiger partial charge < -0.3 is 10.6 Å². The molecule has 0 aliphatic carbocycles. The van der Waals surface area contributed by atoms with E-state index in [1.165, 1.54) is 10.5 Å². The Bertz CT molecular complexity index is 427. The Morgan fingerprint density at radius 3 is 2.70 bits per heavy atom. The Labute approximate surface area is 126 Å². The molecule has 0 aromatic heterocycles. The van der Waals surface area contributed by atoms with Crippen LogP contribution in [0.1, 0.15) is 39.2 Å². The minimum Gasteiger partial charge on any atom is -0.359 e. The molecule has 4 heteroatoms. The molecule has 0 spiro atoms. The van der Waals surface area contributed by atoms with E-state index in [9.17, 15) is 4.79 Å². The van der Waals surface area contributed by atoms with E-state index in [4.69, 9.17) is 0 Å². The lowest BCUT2D eigenvalue weighted by molar-refractivity contribution is -0.120. The van der Waals surface area contributed by atoms with Crippen LogP contribution >= 0.6 is 11.8 Å². The Morgan fingerprint density at radius 2 is 2.05 bits per heavy atom. The minimum absolute atomic E-state index is 0.119. The Hall–Kier alpha value is -1.00. The van der Waals surface area contributed by atoms with E-state index in [0.717, 1.165) is 18.7 Å². The van der Waals surface area contributed by atoms with Crippen molar-refractivity contribution in [2.45, 2.75) is 50.6 Å². The summed E-state index contributed by atoms with van der Waals surface area (Å²) >= 11 is 1.81. The molecule has 1 rings (SSSR count). The third-order valence-electron chi connectivity index (χ3n) is 2.82. The van der Waals surface area contributed by atoms with E-state index in [2.05, 4.69) is 55.7 Å². The summed E-state index contributed by atoms with van der Waals surface area (Å²) in [5.41, 5.74) is 1.44. The van der Waals surface area contributed by atoms with Crippen molar-refractivity contribution in [2.24, 2.45) is 0 Å². The molecule has 0 saturated carbocycles. The zero-order valence-electron chi connectivity index (χ0n) is 13.0. The van der Waals surface area contributed by atoms with Crippen LogP contribution in [0.25, 0.3) is 0 Å². The van der Waals surface area contributed by atoms with Gasteiger partial charge >= 0.3 is 0 Å². The lowest BCUT2D eigenvalue weighted by atomic mass is 10.1. The van der Waals surface area contributed by atoms with Gasteiger partial charge in [-0.25, -0.2) is 0 Å². The van der Waals surface area contributed by atoms with Crippen LogP contribution in [-0.4, -0.2) is 24.2 Å². The van der Waals surface area contributed by atoms with Gasteiger partial charge in [0.1, 0.15) is 0 Å². The summed E-state index contributed by atoms with van der Waals surface area (Å²) < 4.78 is 0. The molecule has 0 aliphatic heterocycles. The highest BCUT2D eigenvalue weighted by molar-refractivity contribution is 7.99. The first-order valence-electron chi connectivity index (χ1n) is 7.08. The second kappa shape index (κ2) is 8.32. The van der Waals surface area contributed by atoms with Crippen molar-refractivity contribution in [2.75, 3.05) is 12.8 Å². The molecule has 0 fully saturated rings. The lowest BCUT2D eigenvalue weighted by Crippen LogP contribution is -2.35. The predicted octanol–water partition coefficient (Wildman–Crippen LogP) is 3.19. The number of hydrogen-bond acceptors (Lipinski definition) is 3. The molecule has 0 bridgehead atoms. The average molecular weight is 294 g/mol. The number of amides is 1. The second-order valence-electron chi connectivity index (χ2n) is 5.88. The van der Waals surface area contributed by atoms with E-state index in [1.54, 1.807) is 7.05 Å². The molecule has 0 aliphatic rings. The van der Waals surface area contributed by atoms with Crippen LogP contribution < -0.4 is 10.6 Å². The summed E-state index contributed by atoms with van der Waals surface area (Å²) in [5, 5.41) is 6.14. The third-order valence-corrected chi connectivity index (χ3v) is 3.90. The second-order valence-corrected chi connectivity index (χ2v) is 7.04. The fourth-order valence-electron chi connectivity index (χ4n) is 1.66. The Kier molecular flexibility index (Phi) is 7.10. The number of carbonyl (C=O) groups excluding carboxylic acids is 1. The maximum absolute atomic E-state index is 11.1. The first-order chi connectivity index (χ1) is 9.40. The summed E-state index contributed by atoms with van der Waals surface area (Å²) in [6.07, 6.45) is 1.52. The van der Waals surface area contributed by atoms with E-state index >= 15 is 0 Å². The zero-order chi connectivity index (χ0) is 15.0. The highest BCUT2D eigenvalue weighted by Crippen LogP contribution is 2.20. The van der Waals surface area contributed by atoms with E-state index < -0.39 is 0 Å². The number of carbonyl (C=O) groups is 1. The molecule has 0 saturated heterocycles. The van der Waals surface area contributed by atoms with Crippen molar-refractivity contribution in [3.8, 4) is 0 Å². The van der Waals surface area contributed by atoms with Gasteiger partial charge in [0.05, 0.1) is 0 Å². The van der Waals surface area contributed by atoms with E-state index in [1.807, 2.05) is 11.8 Å². The molecule has 0 unspecified atom stereocenters. The number of benzene rings is 1. The van der Waals surface area contributed by atoms with Gasteiger partial charge in [0.25, 0.3) is 0 Å². The molecule has 112 valence electrons.